The maximum Gasteiger partial charge on any atom is 0.326 e. The minimum atomic E-state index is -2.14. The molecule has 2 aromatic rings. The second-order valence-corrected chi connectivity index (χ2v) is 20.9. The van der Waals surface area contributed by atoms with E-state index in [0.29, 0.717) is 44.2 Å². The molecular weight excluding hydrogens is 998 g/mol. The van der Waals surface area contributed by atoms with Crippen LogP contribution in [0.2, 0.25) is 0 Å². The maximum atomic E-state index is 14.9. The first-order valence-corrected chi connectivity index (χ1v) is 25.8. The fourth-order valence-electron chi connectivity index (χ4n) is 8.87. The SMILES string of the molecule is CC(C)C[C@H](NC(=O)[C@@H](NC(=O)[C@H](Cc1ccc(O)cc1)NC(=O)[C@@H]1CCCN1C(=O)[C@H](CCCCN)NC(=O)[C@H](CCCCN)NNC(=O)[C@@H](N)Cc1cn([C@@H]2O[C@H](CO)[C@@H](O)[C@H](O)[C@H]2F)nn1)C(C)(C)C)C(=O)O. The Morgan fingerprint density at radius 2 is 1.45 bits per heavy atom. The Kier molecular flexibility index (Phi) is 24.3. The summed E-state index contributed by atoms with van der Waals surface area (Å²) in [5.41, 5.74) is 22.6. The van der Waals surface area contributed by atoms with Crippen LogP contribution in [0.4, 0.5) is 4.39 Å². The van der Waals surface area contributed by atoms with Crippen LogP contribution < -0.4 is 49.3 Å². The van der Waals surface area contributed by atoms with Gasteiger partial charge in [0.2, 0.25) is 29.5 Å². The molecule has 2 saturated heterocycles. The van der Waals surface area contributed by atoms with Crippen LogP contribution in [-0.4, -0.2) is 180 Å². The van der Waals surface area contributed by atoms with Gasteiger partial charge in [0.05, 0.1) is 24.5 Å². The number of unbranched alkanes of at least 4 members (excludes halogenated alkanes) is 2. The summed E-state index contributed by atoms with van der Waals surface area (Å²) < 4.78 is 21.2. The van der Waals surface area contributed by atoms with Crippen LogP contribution in [0.25, 0.3) is 0 Å². The lowest BCUT2D eigenvalue weighted by molar-refractivity contribution is -0.237. The van der Waals surface area contributed by atoms with Crippen LogP contribution in [-0.2, 0) is 51.1 Å². The molecule has 2 aliphatic rings. The fourth-order valence-corrected chi connectivity index (χ4v) is 8.87. The first-order valence-electron chi connectivity index (χ1n) is 25.8. The molecule has 76 heavy (non-hydrogen) atoms. The van der Waals surface area contributed by atoms with Crippen molar-refractivity contribution in [2.75, 3.05) is 26.2 Å². The molecular formula is C49H80FN13O13. The van der Waals surface area contributed by atoms with Gasteiger partial charge in [0.25, 0.3) is 5.91 Å². The quantitative estimate of drug-likeness (QED) is 0.0293. The topological polar surface area (TPSA) is 414 Å². The van der Waals surface area contributed by atoms with Crippen molar-refractivity contribution in [3.05, 3.63) is 41.7 Å². The summed E-state index contributed by atoms with van der Waals surface area (Å²) in [5.74, 6) is -5.61. The zero-order valence-electron chi connectivity index (χ0n) is 43.9. The summed E-state index contributed by atoms with van der Waals surface area (Å²) in [6.07, 6.45) is -4.87. The number of aliphatic hydroxyl groups excluding tert-OH is 3. The number of phenols is 1. The Labute approximate surface area is 441 Å². The Morgan fingerprint density at radius 3 is 2.04 bits per heavy atom. The summed E-state index contributed by atoms with van der Waals surface area (Å²) in [5, 5.41) is 68.0. The van der Waals surface area contributed by atoms with Crippen LogP contribution >= 0.6 is 0 Å². The summed E-state index contributed by atoms with van der Waals surface area (Å²) in [4.78, 5) is 97.8. The van der Waals surface area contributed by atoms with E-state index in [-0.39, 0.29) is 69.0 Å². The predicted molar refractivity (Wildman–Crippen MR) is 271 cm³/mol. The van der Waals surface area contributed by atoms with Gasteiger partial charge in [0.1, 0.15) is 60.3 Å². The number of alkyl halides is 1. The molecule has 2 fully saturated rings. The molecule has 12 atom stereocenters. The number of benzene rings is 1. The maximum absolute atomic E-state index is 14.9. The van der Waals surface area contributed by atoms with Gasteiger partial charge in [-0.15, -0.1) is 5.10 Å². The highest BCUT2D eigenvalue weighted by Gasteiger charge is 2.46. The first-order chi connectivity index (χ1) is 35.9. The number of carbonyl (C=O) groups excluding carboxylic acids is 6. The third-order valence-electron chi connectivity index (χ3n) is 13.2. The van der Waals surface area contributed by atoms with Gasteiger partial charge in [-0.3, -0.25) is 34.2 Å². The average Bonchev–Trinajstić information content (AvgIpc) is 4.06. The molecule has 4 rings (SSSR count). The van der Waals surface area contributed by atoms with E-state index < -0.39 is 126 Å². The molecule has 0 saturated carbocycles. The number of aliphatic hydroxyl groups is 3. The molecule has 6 amide bonds. The lowest BCUT2D eigenvalue weighted by atomic mass is 9.85. The number of aromatic hydroxyl groups is 1. The van der Waals surface area contributed by atoms with E-state index in [2.05, 4.69) is 42.4 Å². The molecule has 1 aromatic heterocycles. The monoisotopic (exact) mass is 1080 g/mol. The van der Waals surface area contributed by atoms with Gasteiger partial charge in [-0.1, -0.05) is 58.4 Å². The number of hydrazine groups is 1. The number of ether oxygens (including phenoxy) is 1. The molecule has 1 aromatic carbocycles. The van der Waals surface area contributed by atoms with Crippen molar-refractivity contribution in [2.45, 2.75) is 178 Å². The number of halogens is 1. The molecule has 426 valence electrons. The molecule has 26 nitrogen and oxygen atoms in total. The number of hydrogen-bond donors (Lipinski definition) is 14. The van der Waals surface area contributed by atoms with Crippen molar-refractivity contribution < 1.29 is 68.2 Å². The number of carboxylic acid groups (broad SMARTS) is 1. The number of likely N-dealkylation sites (tertiary alicyclic amines) is 1. The smallest absolute Gasteiger partial charge is 0.326 e. The number of rotatable bonds is 29. The number of carbonyl (C=O) groups is 7. The van der Waals surface area contributed by atoms with Gasteiger partial charge in [-0.25, -0.2) is 19.3 Å². The van der Waals surface area contributed by atoms with E-state index in [0.717, 1.165) is 4.68 Å². The van der Waals surface area contributed by atoms with E-state index in [9.17, 15) is 63.5 Å². The van der Waals surface area contributed by atoms with Crippen LogP contribution in [0, 0.1) is 11.3 Å². The second kappa shape index (κ2) is 29.5. The molecule has 0 unspecified atom stereocenters. The van der Waals surface area contributed by atoms with E-state index in [1.165, 1.54) is 23.2 Å². The van der Waals surface area contributed by atoms with Crippen LogP contribution in [0.5, 0.6) is 5.75 Å². The lowest BCUT2D eigenvalue weighted by Gasteiger charge is -2.38. The standard InChI is InChI=1S/C49H80FN13O13/c1-26(2)21-34(48(74)75)56-45(72)40(49(3,4)5)57-43(70)33(22-27-14-16-29(65)17-15-27)55-44(71)35-13-10-20-62(35)46(73)32(12-7-9-19-52)54-42(69)31(11-6-8-18-51)59-60-41(68)30(53)23-28-24-63(61-58-28)47-37(50)39(67)38(66)36(25-64)76-47/h14-17,24,26,30-40,47,59,64-67H,6-13,18-23,25,51-53H2,1-5H3,(H,54,69)(H,55,71)(H,56,72)(H,57,70)(H,60,68)(H,74,75)/t30-,31-,32-,33-,34-,35-,36+,37+,38+,39+,40+,47+/m0/s1. The Hall–Kier alpha value is -5.94. The number of phenolic OH excluding ortho intramolecular Hbond substituents is 1. The second-order valence-electron chi connectivity index (χ2n) is 20.9. The number of carboxylic acids is 1. The van der Waals surface area contributed by atoms with E-state index in [4.69, 9.17) is 21.9 Å². The lowest BCUT2D eigenvalue weighted by Crippen LogP contribution is -2.61. The van der Waals surface area contributed by atoms with Gasteiger partial charge < -0.3 is 73.6 Å². The van der Waals surface area contributed by atoms with Crippen molar-refractivity contribution in [3.63, 3.8) is 0 Å². The Bertz CT molecular complexity index is 2230. The average molecular weight is 1080 g/mol. The summed E-state index contributed by atoms with van der Waals surface area (Å²) in [6, 6.07) is -2.59. The van der Waals surface area contributed by atoms with E-state index in [1.54, 1.807) is 32.9 Å². The molecule has 0 spiro atoms. The summed E-state index contributed by atoms with van der Waals surface area (Å²) >= 11 is 0. The Balaban J connectivity index is 1.50. The number of amides is 6. The number of nitrogens with one attached hydrogen (secondary N) is 6. The minimum Gasteiger partial charge on any atom is -0.508 e. The summed E-state index contributed by atoms with van der Waals surface area (Å²) in [6.45, 7) is 8.68. The normalized spacial score (nSPS) is 22.1. The van der Waals surface area contributed by atoms with Crippen LogP contribution in [0.1, 0.15) is 110 Å². The van der Waals surface area contributed by atoms with Gasteiger partial charge in [0.15, 0.2) is 12.4 Å². The highest BCUT2D eigenvalue weighted by atomic mass is 19.1. The minimum absolute atomic E-state index is 0.0426. The van der Waals surface area contributed by atoms with Crippen molar-refractivity contribution in [1.29, 1.82) is 0 Å². The van der Waals surface area contributed by atoms with Crippen LogP contribution in [0.3, 0.4) is 0 Å². The van der Waals surface area contributed by atoms with E-state index >= 15 is 0 Å². The highest BCUT2D eigenvalue weighted by molar-refractivity contribution is 5.97. The zero-order valence-corrected chi connectivity index (χ0v) is 43.9. The van der Waals surface area contributed by atoms with Crippen LogP contribution in [0.15, 0.2) is 30.5 Å². The molecule has 27 heteroatoms. The number of aromatic nitrogens is 3. The molecule has 0 aliphatic carbocycles. The fraction of sp³-hybridized carbons (Fsp3) is 0.694. The number of aliphatic carboxylic acids is 1. The van der Waals surface area contributed by atoms with Crippen molar-refractivity contribution >= 4 is 41.4 Å². The van der Waals surface area contributed by atoms with Crippen molar-refractivity contribution in [3.8, 4) is 5.75 Å². The third-order valence-corrected chi connectivity index (χ3v) is 13.2. The molecule has 2 aliphatic heterocycles. The van der Waals surface area contributed by atoms with Gasteiger partial charge in [-0.05, 0) is 93.5 Å². The van der Waals surface area contributed by atoms with Gasteiger partial charge >= 0.3 is 5.97 Å². The van der Waals surface area contributed by atoms with Crippen molar-refractivity contribution in [1.82, 2.24) is 52.0 Å². The number of nitrogens with zero attached hydrogens (tertiary/aromatic N) is 4. The van der Waals surface area contributed by atoms with Gasteiger partial charge in [-0.2, -0.15) is 0 Å². The predicted octanol–water partition coefficient (Wildman–Crippen LogP) is -2.60. The third kappa shape index (κ3) is 18.1. The molecule has 3 heterocycles. The first kappa shape index (κ1) is 62.6. The van der Waals surface area contributed by atoms with Gasteiger partial charge in [0, 0.05) is 19.4 Å². The number of hydrogen-bond acceptors (Lipinski definition) is 18. The Morgan fingerprint density at radius 1 is 0.829 bits per heavy atom. The van der Waals surface area contributed by atoms with E-state index in [1.807, 2.05) is 13.8 Å². The molecule has 0 bridgehead atoms. The molecule has 17 N–H and O–H groups in total. The largest absolute Gasteiger partial charge is 0.508 e. The molecule has 0 radical (unpaired) electrons. The van der Waals surface area contributed by atoms with Crippen molar-refractivity contribution in [2.24, 2.45) is 28.5 Å². The summed E-state index contributed by atoms with van der Waals surface area (Å²) in [7, 11) is 0. The number of nitrogens with two attached hydrogens (primary N) is 3. The highest BCUT2D eigenvalue weighted by Crippen LogP contribution is 2.30. The zero-order chi connectivity index (χ0) is 56.4.